The van der Waals surface area contributed by atoms with Gasteiger partial charge in [-0.25, -0.2) is 17.6 Å². The van der Waals surface area contributed by atoms with Gasteiger partial charge in [0.25, 0.3) is 0 Å². The number of carbonyl (C=O) groups is 1. The summed E-state index contributed by atoms with van der Waals surface area (Å²) in [6, 6.07) is 3.66. The minimum Gasteiger partial charge on any atom is -0.478 e. The van der Waals surface area contributed by atoms with Gasteiger partial charge >= 0.3 is 5.97 Å². The van der Waals surface area contributed by atoms with Crippen LogP contribution < -0.4 is 4.90 Å². The molecule has 1 aromatic rings. The number of carboxylic acids is 1. The van der Waals surface area contributed by atoms with E-state index in [-0.39, 0.29) is 29.3 Å². The Kier molecular flexibility index (Phi) is 3.75. The molecule has 2 rings (SSSR count). The number of aromatic carboxylic acids is 1. The van der Waals surface area contributed by atoms with E-state index in [9.17, 15) is 17.6 Å². The van der Waals surface area contributed by atoms with Crippen molar-refractivity contribution < 1.29 is 22.7 Å². The summed E-state index contributed by atoms with van der Waals surface area (Å²) in [5, 5.41) is 8.76. The molecule has 0 saturated carbocycles. The van der Waals surface area contributed by atoms with Crippen molar-refractivity contribution in [1.82, 2.24) is 0 Å². The monoisotopic (exact) mass is 287 g/mol. The maximum Gasteiger partial charge on any atom is 0.335 e. The van der Waals surface area contributed by atoms with Crippen LogP contribution in [0.4, 0.5) is 10.1 Å². The van der Waals surface area contributed by atoms with Crippen LogP contribution in [0.2, 0.25) is 0 Å². The number of benzene rings is 1. The molecule has 5 nitrogen and oxygen atoms in total. The van der Waals surface area contributed by atoms with Gasteiger partial charge in [0.1, 0.15) is 5.82 Å². The smallest absolute Gasteiger partial charge is 0.335 e. The molecular formula is C12H14FNO4S. The predicted octanol–water partition coefficient (Wildman–Crippen LogP) is 1.15. The molecule has 0 aromatic heterocycles. The molecule has 0 spiro atoms. The first kappa shape index (κ1) is 13.8. The number of hydrogen-bond acceptors (Lipinski definition) is 4. The second-order valence-electron chi connectivity index (χ2n) is 4.46. The topological polar surface area (TPSA) is 74.7 Å². The lowest BCUT2D eigenvalue weighted by molar-refractivity contribution is 0.0696. The maximum atomic E-state index is 13.9. The second-order valence-corrected chi connectivity index (χ2v) is 6.77. The van der Waals surface area contributed by atoms with Crippen LogP contribution in [0.5, 0.6) is 0 Å². The molecule has 0 amide bonds. The Labute approximate surface area is 110 Å². The summed E-state index contributed by atoms with van der Waals surface area (Å²) in [6.45, 7) is 0.675. The van der Waals surface area contributed by atoms with Crippen molar-refractivity contribution in [3.63, 3.8) is 0 Å². The lowest BCUT2D eigenvalue weighted by atomic mass is 10.2. The van der Waals surface area contributed by atoms with Crippen molar-refractivity contribution in [2.75, 3.05) is 29.5 Å². The first-order valence-corrected chi connectivity index (χ1v) is 7.69. The maximum absolute atomic E-state index is 13.9. The fourth-order valence-electron chi connectivity index (χ4n) is 2.08. The minimum atomic E-state index is -3.05. The van der Waals surface area contributed by atoms with Crippen LogP contribution in [0, 0.1) is 5.82 Å². The molecule has 0 radical (unpaired) electrons. The number of sulfone groups is 1. The average molecular weight is 287 g/mol. The van der Waals surface area contributed by atoms with E-state index in [0.29, 0.717) is 13.0 Å². The quantitative estimate of drug-likeness (QED) is 0.883. The zero-order chi connectivity index (χ0) is 14.0. The Balaban J connectivity index is 2.25. The van der Waals surface area contributed by atoms with Crippen molar-refractivity contribution in [2.24, 2.45) is 0 Å². The SMILES string of the molecule is O=C(O)c1ccc(N2CCCS(=O)(=O)CC2)c(F)c1. The van der Waals surface area contributed by atoms with Gasteiger partial charge in [0, 0.05) is 13.1 Å². The summed E-state index contributed by atoms with van der Waals surface area (Å²) in [7, 11) is -3.05. The Bertz CT molecular complexity index is 600. The van der Waals surface area contributed by atoms with Gasteiger partial charge in [-0.15, -0.1) is 0 Å². The van der Waals surface area contributed by atoms with Gasteiger partial charge in [-0.3, -0.25) is 0 Å². The molecule has 1 aliphatic heterocycles. The van der Waals surface area contributed by atoms with E-state index >= 15 is 0 Å². The summed E-state index contributed by atoms with van der Waals surface area (Å²) in [5.41, 5.74) is 0.130. The Morgan fingerprint density at radius 2 is 2.00 bits per heavy atom. The largest absolute Gasteiger partial charge is 0.478 e. The minimum absolute atomic E-state index is 0.00682. The van der Waals surface area contributed by atoms with E-state index in [1.54, 1.807) is 4.90 Å². The summed E-state index contributed by atoms with van der Waals surface area (Å²) >= 11 is 0. The highest BCUT2D eigenvalue weighted by Gasteiger charge is 2.21. The standard InChI is InChI=1S/C12H14FNO4S/c13-10-8-9(12(15)16)2-3-11(10)14-4-1-6-19(17,18)7-5-14/h2-3,8H,1,4-7H2,(H,15,16). The highest BCUT2D eigenvalue weighted by atomic mass is 32.2. The van der Waals surface area contributed by atoms with Crippen LogP contribution in [0.15, 0.2) is 18.2 Å². The number of carboxylic acid groups (broad SMARTS) is 1. The lowest BCUT2D eigenvalue weighted by Crippen LogP contribution is -2.27. The molecule has 0 unspecified atom stereocenters. The summed E-state index contributed by atoms with van der Waals surface area (Å²) in [5.74, 6) is -1.73. The molecule has 1 saturated heterocycles. The zero-order valence-electron chi connectivity index (χ0n) is 10.2. The van der Waals surface area contributed by atoms with E-state index in [1.165, 1.54) is 12.1 Å². The second kappa shape index (κ2) is 5.16. The van der Waals surface area contributed by atoms with Gasteiger partial charge in [0.05, 0.1) is 22.8 Å². The molecule has 0 bridgehead atoms. The molecule has 0 atom stereocenters. The molecule has 1 N–H and O–H groups in total. The van der Waals surface area contributed by atoms with E-state index in [2.05, 4.69) is 0 Å². The number of anilines is 1. The van der Waals surface area contributed by atoms with Crippen molar-refractivity contribution in [1.29, 1.82) is 0 Å². The summed E-state index contributed by atoms with van der Waals surface area (Å²) < 4.78 is 36.8. The molecule has 1 fully saturated rings. The van der Waals surface area contributed by atoms with Gasteiger partial charge in [-0.2, -0.15) is 0 Å². The number of halogens is 1. The Morgan fingerprint density at radius 1 is 1.26 bits per heavy atom. The highest BCUT2D eigenvalue weighted by Crippen LogP contribution is 2.22. The molecule has 1 aliphatic rings. The van der Waals surface area contributed by atoms with Gasteiger partial charge in [0.15, 0.2) is 9.84 Å². The third kappa shape index (κ3) is 3.23. The van der Waals surface area contributed by atoms with Gasteiger partial charge in [-0.05, 0) is 24.6 Å². The van der Waals surface area contributed by atoms with Crippen LogP contribution in [0.1, 0.15) is 16.8 Å². The van der Waals surface area contributed by atoms with Crippen LogP contribution >= 0.6 is 0 Å². The van der Waals surface area contributed by atoms with Gasteiger partial charge < -0.3 is 10.0 Å². The molecule has 1 heterocycles. The van der Waals surface area contributed by atoms with Gasteiger partial charge in [-0.1, -0.05) is 0 Å². The fourth-order valence-corrected chi connectivity index (χ4v) is 3.35. The van der Waals surface area contributed by atoms with Crippen molar-refractivity contribution in [3.8, 4) is 0 Å². The highest BCUT2D eigenvalue weighted by molar-refractivity contribution is 7.91. The average Bonchev–Trinajstić information content (AvgIpc) is 2.50. The van der Waals surface area contributed by atoms with Crippen LogP contribution in [-0.4, -0.2) is 44.1 Å². The van der Waals surface area contributed by atoms with E-state index < -0.39 is 21.6 Å². The zero-order valence-corrected chi connectivity index (χ0v) is 11.0. The Hall–Kier alpha value is -1.63. The van der Waals surface area contributed by atoms with Crippen LogP contribution in [0.3, 0.4) is 0 Å². The summed E-state index contributed by atoms with van der Waals surface area (Å²) in [4.78, 5) is 12.4. The van der Waals surface area contributed by atoms with Crippen molar-refractivity contribution >= 4 is 21.5 Å². The number of nitrogens with zero attached hydrogens (tertiary/aromatic N) is 1. The molecule has 1 aromatic carbocycles. The third-order valence-electron chi connectivity index (χ3n) is 3.09. The Morgan fingerprint density at radius 3 is 2.63 bits per heavy atom. The van der Waals surface area contributed by atoms with E-state index in [4.69, 9.17) is 5.11 Å². The third-order valence-corrected chi connectivity index (χ3v) is 4.81. The first-order valence-electron chi connectivity index (χ1n) is 5.87. The van der Waals surface area contributed by atoms with Crippen LogP contribution in [-0.2, 0) is 9.84 Å². The number of rotatable bonds is 2. The summed E-state index contributed by atoms with van der Waals surface area (Å²) in [6.07, 6.45) is 0.447. The number of hydrogen-bond donors (Lipinski definition) is 1. The fraction of sp³-hybridized carbons (Fsp3) is 0.417. The van der Waals surface area contributed by atoms with E-state index in [1.807, 2.05) is 0 Å². The van der Waals surface area contributed by atoms with Gasteiger partial charge in [0.2, 0.25) is 0 Å². The predicted molar refractivity (Wildman–Crippen MR) is 68.8 cm³/mol. The lowest BCUT2D eigenvalue weighted by Gasteiger charge is -2.22. The van der Waals surface area contributed by atoms with E-state index in [0.717, 1.165) is 6.07 Å². The molecule has 104 valence electrons. The molecule has 7 heteroatoms. The van der Waals surface area contributed by atoms with Crippen LogP contribution in [0.25, 0.3) is 0 Å². The molecule has 0 aliphatic carbocycles. The first-order chi connectivity index (χ1) is 8.89. The van der Waals surface area contributed by atoms with Crippen molar-refractivity contribution in [2.45, 2.75) is 6.42 Å². The van der Waals surface area contributed by atoms with Crippen molar-refractivity contribution in [3.05, 3.63) is 29.6 Å². The molecular weight excluding hydrogens is 273 g/mol. The molecule has 19 heavy (non-hydrogen) atoms. The normalized spacial score (nSPS) is 18.9.